The van der Waals surface area contributed by atoms with E-state index in [0.717, 1.165) is 6.42 Å². The molecule has 1 N–H and O–H groups in total. The third kappa shape index (κ3) is 3.66. The van der Waals surface area contributed by atoms with Crippen LogP contribution in [0.1, 0.15) is 25.0 Å². The minimum Gasteiger partial charge on any atom is -0.386 e. The molecule has 16 heavy (non-hydrogen) atoms. The zero-order valence-corrected chi connectivity index (χ0v) is 9.34. The van der Waals surface area contributed by atoms with Gasteiger partial charge >= 0.3 is 0 Å². The molecule has 1 aromatic rings. The maximum absolute atomic E-state index is 11.1. The van der Waals surface area contributed by atoms with Crippen molar-refractivity contribution in [1.82, 2.24) is 9.88 Å². The molecule has 0 saturated heterocycles. The van der Waals surface area contributed by atoms with E-state index in [2.05, 4.69) is 4.98 Å². The lowest BCUT2D eigenvalue weighted by Crippen LogP contribution is -2.34. The van der Waals surface area contributed by atoms with E-state index < -0.39 is 11.9 Å². The first-order chi connectivity index (χ1) is 7.65. The second-order valence-electron chi connectivity index (χ2n) is 3.59. The number of pyridine rings is 1. The van der Waals surface area contributed by atoms with Crippen LogP contribution in [0.2, 0.25) is 0 Å². The Morgan fingerprint density at radius 1 is 1.69 bits per heavy atom. The smallest absolute Gasteiger partial charge is 0.200 e. The molecule has 1 heterocycles. The molecule has 0 bridgehead atoms. The van der Waals surface area contributed by atoms with Crippen molar-refractivity contribution in [3.63, 3.8) is 0 Å². The summed E-state index contributed by atoms with van der Waals surface area (Å²) in [5.41, 5.74) is 0.685. The summed E-state index contributed by atoms with van der Waals surface area (Å²) < 4.78 is 0. The van der Waals surface area contributed by atoms with Gasteiger partial charge in [0.15, 0.2) is 5.81 Å². The van der Waals surface area contributed by atoms with Crippen LogP contribution in [-0.4, -0.2) is 41.7 Å². The van der Waals surface area contributed by atoms with Crippen LogP contribution >= 0.6 is 0 Å². The average molecular weight is 218 g/mol. The van der Waals surface area contributed by atoms with E-state index in [1.165, 1.54) is 4.90 Å². The number of carbonyl (C=O) groups is 1. The van der Waals surface area contributed by atoms with Gasteiger partial charge in [0, 0.05) is 31.0 Å². The van der Waals surface area contributed by atoms with Gasteiger partial charge in [-0.25, -0.2) is 0 Å². The molecule has 0 aliphatic carbocycles. The van der Waals surface area contributed by atoms with Gasteiger partial charge in [-0.05, 0) is 12.5 Å². The topological polar surface area (TPSA) is 53.4 Å². The van der Waals surface area contributed by atoms with Crippen LogP contribution in [0.5, 0.6) is 0 Å². The fraction of sp³-hybridized carbons (Fsp3) is 0.455. The predicted molar refractivity (Wildman–Crippen MR) is 62.2 cm³/mol. The van der Waals surface area contributed by atoms with Crippen molar-refractivity contribution in [2.24, 2.45) is 0 Å². The van der Waals surface area contributed by atoms with Crippen LogP contribution in [-0.2, 0) is 0 Å². The van der Waals surface area contributed by atoms with E-state index in [-0.39, 0.29) is 6.54 Å². The molecule has 1 unspecified atom stereocenters. The van der Waals surface area contributed by atoms with E-state index in [0.29, 0.717) is 12.1 Å². The van der Waals surface area contributed by atoms with Gasteiger partial charge in [0.2, 0.25) is 7.85 Å². The molecular weight excluding hydrogens is 203 g/mol. The molecule has 0 aromatic carbocycles. The summed E-state index contributed by atoms with van der Waals surface area (Å²) in [5, 5.41) is 9.88. The molecule has 1 atom stereocenters. The Morgan fingerprint density at radius 2 is 2.44 bits per heavy atom. The fourth-order valence-corrected chi connectivity index (χ4v) is 1.45. The first-order valence-electron chi connectivity index (χ1n) is 5.27. The van der Waals surface area contributed by atoms with Gasteiger partial charge in [-0.2, -0.15) is 0 Å². The molecule has 0 aliphatic heterocycles. The van der Waals surface area contributed by atoms with Crippen molar-refractivity contribution >= 4 is 13.7 Å². The number of hydrogen-bond acceptors (Lipinski definition) is 3. The average Bonchev–Trinajstić information content (AvgIpc) is 2.29. The quantitative estimate of drug-likeness (QED) is 0.753. The number of carbonyl (C=O) groups excluding carboxylic acids is 1. The van der Waals surface area contributed by atoms with E-state index in [1.54, 1.807) is 24.5 Å². The molecule has 84 valence electrons. The summed E-state index contributed by atoms with van der Waals surface area (Å²) in [6.45, 7) is 2.70. The normalized spacial score (nSPS) is 12.1. The van der Waals surface area contributed by atoms with Gasteiger partial charge in [0.05, 0.1) is 6.10 Å². The number of aliphatic hydroxyl groups excluding tert-OH is 1. The monoisotopic (exact) mass is 218 g/mol. The number of amides is 1. The van der Waals surface area contributed by atoms with Crippen LogP contribution in [0, 0.1) is 0 Å². The lowest BCUT2D eigenvalue weighted by atomic mass is 10.1. The molecule has 1 amide bonds. The van der Waals surface area contributed by atoms with Crippen molar-refractivity contribution in [3.8, 4) is 0 Å². The summed E-state index contributed by atoms with van der Waals surface area (Å²) in [4.78, 5) is 16.4. The first-order valence-corrected chi connectivity index (χ1v) is 5.27. The Hall–Kier alpha value is -1.36. The highest BCUT2D eigenvalue weighted by molar-refractivity contribution is 6.56. The van der Waals surface area contributed by atoms with E-state index in [1.807, 2.05) is 6.92 Å². The number of nitrogens with zero attached hydrogens (tertiary/aromatic N) is 2. The number of rotatable bonds is 5. The van der Waals surface area contributed by atoms with Crippen molar-refractivity contribution < 1.29 is 9.90 Å². The molecule has 0 fully saturated rings. The van der Waals surface area contributed by atoms with Crippen LogP contribution in [0.15, 0.2) is 24.5 Å². The van der Waals surface area contributed by atoms with Crippen LogP contribution in [0.4, 0.5) is 4.79 Å². The number of aromatic nitrogens is 1. The summed E-state index contributed by atoms with van der Waals surface area (Å²) >= 11 is 0. The highest BCUT2D eigenvalue weighted by Gasteiger charge is 2.14. The molecule has 0 aliphatic rings. The summed E-state index contributed by atoms with van der Waals surface area (Å²) in [6.07, 6.45) is 3.28. The van der Waals surface area contributed by atoms with Crippen molar-refractivity contribution in [3.05, 3.63) is 30.1 Å². The minimum atomic E-state index is -0.743. The highest BCUT2D eigenvalue weighted by atomic mass is 16.3. The Kier molecular flexibility index (Phi) is 4.99. The van der Waals surface area contributed by atoms with Gasteiger partial charge in [0.25, 0.3) is 0 Å². The summed E-state index contributed by atoms with van der Waals surface area (Å²) in [6, 6.07) is 3.51. The van der Waals surface area contributed by atoms with Gasteiger partial charge in [-0.15, -0.1) is 0 Å². The minimum absolute atomic E-state index is 0.203. The second-order valence-corrected chi connectivity index (χ2v) is 3.59. The first kappa shape index (κ1) is 12.7. The van der Waals surface area contributed by atoms with Crippen LogP contribution in [0.25, 0.3) is 0 Å². The molecule has 0 spiro atoms. The SMILES string of the molecule is [B]C(=O)N(CCC)CC(O)c1cccnc1. The molecule has 4 nitrogen and oxygen atoms in total. The maximum Gasteiger partial charge on any atom is 0.200 e. The maximum atomic E-state index is 11.1. The van der Waals surface area contributed by atoms with Crippen molar-refractivity contribution in [2.45, 2.75) is 19.4 Å². The zero-order chi connectivity index (χ0) is 12.0. The fourth-order valence-electron chi connectivity index (χ4n) is 1.45. The molecule has 0 saturated carbocycles. The second kappa shape index (κ2) is 6.28. The predicted octanol–water partition coefficient (Wildman–Crippen LogP) is 1.12. The molecule has 2 radical (unpaired) electrons. The van der Waals surface area contributed by atoms with Crippen LogP contribution < -0.4 is 0 Å². The summed E-state index contributed by atoms with van der Waals surface area (Å²) in [7, 11) is 5.21. The van der Waals surface area contributed by atoms with Gasteiger partial charge < -0.3 is 10.0 Å². The lowest BCUT2D eigenvalue weighted by Gasteiger charge is -2.24. The highest BCUT2D eigenvalue weighted by Crippen LogP contribution is 2.12. The lowest BCUT2D eigenvalue weighted by molar-refractivity contribution is 0.129. The van der Waals surface area contributed by atoms with Gasteiger partial charge in [-0.1, -0.05) is 13.0 Å². The molecule has 1 aromatic heterocycles. The largest absolute Gasteiger partial charge is 0.386 e. The zero-order valence-electron chi connectivity index (χ0n) is 9.34. The standard InChI is InChI=1S/C11H15BN2O2/c1-2-6-14(11(12)16)8-10(15)9-4-3-5-13-7-9/h3-5,7,10,15H,2,6,8H2,1H3. The van der Waals surface area contributed by atoms with Crippen molar-refractivity contribution in [2.75, 3.05) is 13.1 Å². The number of aliphatic hydroxyl groups is 1. The van der Waals surface area contributed by atoms with Gasteiger partial charge in [0.1, 0.15) is 0 Å². The van der Waals surface area contributed by atoms with Crippen molar-refractivity contribution in [1.29, 1.82) is 0 Å². The Labute approximate surface area is 96.7 Å². The van der Waals surface area contributed by atoms with Crippen LogP contribution in [0.3, 0.4) is 0 Å². The third-order valence-corrected chi connectivity index (χ3v) is 2.27. The Balaban J connectivity index is 2.61. The molecule has 1 rings (SSSR count). The summed E-state index contributed by atoms with van der Waals surface area (Å²) in [5.74, 6) is -0.509. The van der Waals surface area contributed by atoms with E-state index >= 15 is 0 Å². The Morgan fingerprint density at radius 3 is 2.94 bits per heavy atom. The van der Waals surface area contributed by atoms with Gasteiger partial charge in [-0.3, -0.25) is 9.78 Å². The Bertz CT molecular complexity index is 332. The molecular formula is C11H15BN2O2. The number of hydrogen-bond donors (Lipinski definition) is 1. The third-order valence-electron chi connectivity index (χ3n) is 2.27. The molecule has 5 heteroatoms. The van der Waals surface area contributed by atoms with E-state index in [4.69, 9.17) is 7.85 Å². The van der Waals surface area contributed by atoms with E-state index in [9.17, 15) is 9.90 Å².